The number of nitro benzene ring substituents is 1. The maximum absolute atomic E-state index is 13.5. The molecule has 0 amide bonds. The third kappa shape index (κ3) is 11.9. The molecule has 5 aromatic rings. The van der Waals surface area contributed by atoms with Crippen LogP contribution >= 0.6 is 0 Å². The summed E-state index contributed by atoms with van der Waals surface area (Å²) in [4.78, 5) is 10.4. The number of ether oxygens (including phenoxy) is 4. The lowest BCUT2D eigenvalue weighted by molar-refractivity contribution is -0.384. The SMILES string of the molecule is O=[N+]([O-])c1ccc(S(=O)(=O)NC[C@@H](OCc2ccccc2)[C@@H](OCc2ccccc2)[C@H](OCc2ccccc2)[C@H](O)COCc2ccccc2)cc1. The van der Waals surface area contributed by atoms with Crippen LogP contribution in [0.2, 0.25) is 0 Å². The molecule has 0 bridgehead atoms. The van der Waals surface area contributed by atoms with Crippen LogP contribution in [0.4, 0.5) is 5.69 Å². The molecule has 11 nitrogen and oxygen atoms in total. The first-order chi connectivity index (χ1) is 25.3. The van der Waals surface area contributed by atoms with Gasteiger partial charge in [0.15, 0.2) is 0 Å². The normalized spacial score (nSPS) is 13.9. The quantitative estimate of drug-likeness (QED) is 0.0666. The Morgan fingerprint density at radius 2 is 1.02 bits per heavy atom. The summed E-state index contributed by atoms with van der Waals surface area (Å²) in [7, 11) is -4.16. The van der Waals surface area contributed by atoms with Crippen molar-refractivity contribution in [3.63, 3.8) is 0 Å². The van der Waals surface area contributed by atoms with Gasteiger partial charge in [0.2, 0.25) is 10.0 Å². The molecule has 0 saturated heterocycles. The van der Waals surface area contributed by atoms with Crippen molar-refractivity contribution in [3.05, 3.63) is 178 Å². The highest BCUT2D eigenvalue weighted by molar-refractivity contribution is 7.89. The van der Waals surface area contributed by atoms with E-state index in [1.807, 2.05) is 121 Å². The Labute approximate surface area is 304 Å². The van der Waals surface area contributed by atoms with Gasteiger partial charge in [0.25, 0.3) is 5.69 Å². The highest BCUT2D eigenvalue weighted by Crippen LogP contribution is 2.23. The van der Waals surface area contributed by atoms with E-state index in [0.717, 1.165) is 34.4 Å². The molecule has 52 heavy (non-hydrogen) atoms. The van der Waals surface area contributed by atoms with E-state index in [1.54, 1.807) is 0 Å². The van der Waals surface area contributed by atoms with E-state index in [2.05, 4.69) is 4.72 Å². The van der Waals surface area contributed by atoms with Gasteiger partial charge in [-0.05, 0) is 34.4 Å². The number of nitrogens with zero attached hydrogens (tertiary/aromatic N) is 1. The van der Waals surface area contributed by atoms with E-state index in [4.69, 9.17) is 18.9 Å². The molecule has 0 aromatic heterocycles. The Morgan fingerprint density at radius 1 is 0.596 bits per heavy atom. The average Bonchev–Trinajstić information content (AvgIpc) is 3.18. The molecule has 4 atom stereocenters. The molecule has 2 N–H and O–H groups in total. The molecule has 272 valence electrons. The first kappa shape index (κ1) is 38.4. The number of hydrogen-bond acceptors (Lipinski definition) is 9. The first-order valence-corrected chi connectivity index (χ1v) is 18.3. The van der Waals surface area contributed by atoms with Crippen molar-refractivity contribution < 1.29 is 37.4 Å². The van der Waals surface area contributed by atoms with Gasteiger partial charge in [0, 0.05) is 18.7 Å². The number of non-ortho nitro benzene ring substituents is 1. The number of nitro groups is 1. The van der Waals surface area contributed by atoms with Crippen LogP contribution in [0, 0.1) is 10.1 Å². The van der Waals surface area contributed by atoms with Crippen molar-refractivity contribution in [1.82, 2.24) is 4.72 Å². The molecular formula is C40H42N2O9S. The van der Waals surface area contributed by atoms with Crippen molar-refractivity contribution in [1.29, 1.82) is 0 Å². The summed E-state index contributed by atoms with van der Waals surface area (Å²) in [6.45, 7) is 0.179. The van der Waals surface area contributed by atoms with E-state index in [9.17, 15) is 23.6 Å². The van der Waals surface area contributed by atoms with Crippen LogP contribution in [0.1, 0.15) is 22.3 Å². The van der Waals surface area contributed by atoms with Crippen molar-refractivity contribution in [2.24, 2.45) is 0 Å². The molecule has 0 heterocycles. The second-order valence-electron chi connectivity index (χ2n) is 12.0. The molecule has 0 fully saturated rings. The fourth-order valence-electron chi connectivity index (χ4n) is 5.41. The lowest BCUT2D eigenvalue weighted by Crippen LogP contribution is -2.53. The molecule has 0 spiro atoms. The number of aliphatic hydroxyl groups excluding tert-OH is 1. The van der Waals surface area contributed by atoms with E-state index in [0.29, 0.717) is 0 Å². The third-order valence-corrected chi connectivity index (χ3v) is 9.62. The minimum absolute atomic E-state index is 0.0992. The number of sulfonamides is 1. The molecule has 5 aromatic carbocycles. The Kier molecular flexibility index (Phi) is 14.6. The van der Waals surface area contributed by atoms with E-state index in [1.165, 1.54) is 12.1 Å². The molecule has 0 unspecified atom stereocenters. The van der Waals surface area contributed by atoms with Gasteiger partial charge < -0.3 is 24.1 Å². The average molecular weight is 727 g/mol. The van der Waals surface area contributed by atoms with Gasteiger partial charge in [-0.15, -0.1) is 0 Å². The van der Waals surface area contributed by atoms with Crippen LogP contribution in [0.15, 0.2) is 150 Å². The van der Waals surface area contributed by atoms with Crippen LogP contribution in [0.25, 0.3) is 0 Å². The standard InChI is InChI=1S/C40H42N2O9S/c43-37(30-48-26-31-13-5-1-6-14-31)39(50-28-33-17-9-3-10-18-33)40(51-29-34-19-11-4-12-20-34)38(49-27-32-15-7-2-8-16-32)25-41-52(46,47)36-23-21-35(22-24-36)42(44)45/h1-24,37-41,43H,25-30H2/t37-,38-,39-,40-/m1/s1. The lowest BCUT2D eigenvalue weighted by Gasteiger charge is -2.36. The Bertz CT molecular complexity index is 1880. The molecule has 0 saturated carbocycles. The van der Waals surface area contributed by atoms with Gasteiger partial charge in [0.1, 0.15) is 24.4 Å². The fourth-order valence-corrected chi connectivity index (χ4v) is 6.45. The summed E-state index contributed by atoms with van der Waals surface area (Å²) in [6.07, 6.45) is -4.30. The maximum atomic E-state index is 13.5. The lowest BCUT2D eigenvalue weighted by atomic mass is 10.0. The van der Waals surface area contributed by atoms with Crippen molar-refractivity contribution in [2.45, 2.75) is 55.7 Å². The molecule has 0 aliphatic carbocycles. The van der Waals surface area contributed by atoms with Crippen molar-refractivity contribution in [3.8, 4) is 0 Å². The van der Waals surface area contributed by atoms with Crippen LogP contribution in [0.5, 0.6) is 0 Å². The molecular weight excluding hydrogens is 685 g/mol. The molecule has 0 radical (unpaired) electrons. The zero-order chi connectivity index (χ0) is 36.6. The molecule has 0 aliphatic heterocycles. The van der Waals surface area contributed by atoms with Crippen LogP contribution in [-0.2, 0) is 55.4 Å². The smallest absolute Gasteiger partial charge is 0.269 e. The fraction of sp³-hybridized carbons (Fsp3) is 0.250. The van der Waals surface area contributed by atoms with E-state index >= 15 is 0 Å². The van der Waals surface area contributed by atoms with Gasteiger partial charge in [-0.3, -0.25) is 10.1 Å². The summed E-state index contributed by atoms with van der Waals surface area (Å²) >= 11 is 0. The Balaban J connectivity index is 1.46. The largest absolute Gasteiger partial charge is 0.388 e. The van der Waals surface area contributed by atoms with Crippen LogP contribution in [0.3, 0.4) is 0 Å². The predicted molar refractivity (Wildman–Crippen MR) is 195 cm³/mol. The molecule has 12 heteroatoms. The highest BCUT2D eigenvalue weighted by Gasteiger charge is 2.38. The zero-order valence-electron chi connectivity index (χ0n) is 28.5. The molecule has 5 rings (SSSR count). The van der Waals surface area contributed by atoms with E-state index in [-0.39, 0.29) is 50.2 Å². The second kappa shape index (κ2) is 19.7. The predicted octanol–water partition coefficient (Wildman–Crippen LogP) is 6.21. The minimum Gasteiger partial charge on any atom is -0.388 e. The van der Waals surface area contributed by atoms with E-state index < -0.39 is 39.4 Å². The topological polar surface area (TPSA) is 146 Å². The highest BCUT2D eigenvalue weighted by atomic mass is 32.2. The van der Waals surface area contributed by atoms with Gasteiger partial charge in [-0.1, -0.05) is 121 Å². The van der Waals surface area contributed by atoms with Gasteiger partial charge >= 0.3 is 0 Å². The zero-order valence-corrected chi connectivity index (χ0v) is 29.3. The Morgan fingerprint density at radius 3 is 1.48 bits per heavy atom. The number of hydrogen-bond donors (Lipinski definition) is 2. The van der Waals surface area contributed by atoms with Crippen LogP contribution < -0.4 is 4.72 Å². The second-order valence-corrected chi connectivity index (χ2v) is 13.8. The first-order valence-electron chi connectivity index (χ1n) is 16.8. The summed E-state index contributed by atoms with van der Waals surface area (Å²) < 4.78 is 55.0. The number of benzene rings is 5. The number of nitrogens with one attached hydrogen (secondary N) is 1. The Hall–Kier alpha value is -4.79. The summed E-state index contributed by atoms with van der Waals surface area (Å²) in [5.74, 6) is 0. The summed E-state index contributed by atoms with van der Waals surface area (Å²) in [6, 6.07) is 42.4. The number of aliphatic hydroxyl groups is 1. The van der Waals surface area contributed by atoms with Crippen molar-refractivity contribution in [2.75, 3.05) is 13.2 Å². The van der Waals surface area contributed by atoms with Gasteiger partial charge in [0.05, 0.1) is 42.9 Å². The third-order valence-electron chi connectivity index (χ3n) is 8.18. The van der Waals surface area contributed by atoms with Crippen LogP contribution in [-0.4, -0.2) is 56.0 Å². The summed E-state index contributed by atoms with van der Waals surface area (Å²) in [5.41, 5.74) is 3.23. The monoisotopic (exact) mass is 726 g/mol. The summed E-state index contributed by atoms with van der Waals surface area (Å²) in [5, 5.41) is 22.9. The van der Waals surface area contributed by atoms with Gasteiger partial charge in [-0.2, -0.15) is 0 Å². The minimum atomic E-state index is -4.16. The maximum Gasteiger partial charge on any atom is 0.269 e. The molecule has 0 aliphatic rings. The number of rotatable bonds is 21. The van der Waals surface area contributed by atoms with Gasteiger partial charge in [-0.25, -0.2) is 13.1 Å². The van der Waals surface area contributed by atoms with Crippen molar-refractivity contribution >= 4 is 15.7 Å².